The van der Waals surface area contributed by atoms with Crippen LogP contribution in [0.2, 0.25) is 0 Å². The first-order chi connectivity index (χ1) is 21.1. The maximum Gasteiger partial charge on any atom is 0.362 e. The van der Waals surface area contributed by atoms with Crippen LogP contribution in [-0.4, -0.2) is 64.9 Å². The molecule has 1 aliphatic heterocycles. The Morgan fingerprint density at radius 1 is 0.977 bits per heavy atom. The summed E-state index contributed by atoms with van der Waals surface area (Å²) >= 11 is 6.23. The number of carbonyl (C=O) groups excluding carboxylic acids is 1. The summed E-state index contributed by atoms with van der Waals surface area (Å²) in [5.41, 5.74) is 1.63. The maximum atomic E-state index is 13.3. The first-order valence-corrected chi connectivity index (χ1v) is 16.7. The lowest BCUT2D eigenvalue weighted by molar-refractivity contribution is -0.148. The van der Waals surface area contributed by atoms with E-state index in [1.54, 1.807) is 26.4 Å². The molecular weight excluding hydrogens is 601 g/mol. The Hall–Kier alpha value is -3.63. The highest BCUT2D eigenvalue weighted by molar-refractivity contribution is 7.83. The van der Waals surface area contributed by atoms with Gasteiger partial charge in [-0.25, -0.2) is 9.46 Å². The molecule has 1 aliphatic rings. The molecule has 3 aromatic carbocycles. The largest absolute Gasteiger partial charge is 0.362 e. The lowest BCUT2D eigenvalue weighted by Crippen LogP contribution is -2.58. The molecule has 1 saturated heterocycles. The number of morpholine rings is 1. The van der Waals surface area contributed by atoms with Gasteiger partial charge in [-0.1, -0.05) is 91.0 Å². The maximum absolute atomic E-state index is 13.3. The molecule has 1 aromatic heterocycles. The number of nitrogens with zero attached hydrogens (tertiary/aromatic N) is 4. The van der Waals surface area contributed by atoms with Crippen molar-refractivity contribution in [2.75, 3.05) is 39.1 Å². The van der Waals surface area contributed by atoms with Crippen LogP contribution in [0.5, 0.6) is 0 Å². The summed E-state index contributed by atoms with van der Waals surface area (Å²) in [6.07, 6.45) is 0.0975. The SMILES string of the molecule is CC(=O)Nc1ccn(C2CN(C(c3ccccc3)(c3ccccc3)c3ccccc3)C[C@@H](CO[P@@](=O)(Cl)N(C)C)O2)c(=O)n1. The van der Waals surface area contributed by atoms with E-state index in [-0.39, 0.29) is 24.9 Å². The zero-order valence-corrected chi connectivity index (χ0v) is 26.4. The number of aromatic nitrogens is 2. The molecule has 1 N–H and O–H groups in total. The molecule has 12 heteroatoms. The molecule has 230 valence electrons. The summed E-state index contributed by atoms with van der Waals surface area (Å²) in [5, 5.41) is 2.54. The number of carbonyl (C=O) groups is 1. The second-order valence-electron chi connectivity index (χ2n) is 10.7. The van der Waals surface area contributed by atoms with Crippen LogP contribution in [0.1, 0.15) is 29.8 Å². The molecule has 0 bridgehead atoms. The first-order valence-electron chi connectivity index (χ1n) is 14.2. The molecule has 3 atom stereocenters. The minimum absolute atomic E-state index is 0.0907. The van der Waals surface area contributed by atoms with Crippen molar-refractivity contribution < 1.29 is 18.6 Å². The molecular formula is C32H35ClN5O5P. The Labute approximate surface area is 261 Å². The number of halogens is 1. The van der Waals surface area contributed by atoms with Gasteiger partial charge in [-0.15, -0.1) is 0 Å². The van der Waals surface area contributed by atoms with Gasteiger partial charge in [0.2, 0.25) is 5.91 Å². The third-order valence-corrected chi connectivity index (χ3v) is 10.2. The summed E-state index contributed by atoms with van der Waals surface area (Å²) in [6.45, 7) is -1.71. The third kappa shape index (κ3) is 6.71. The van der Waals surface area contributed by atoms with Crippen LogP contribution in [0.3, 0.4) is 0 Å². The van der Waals surface area contributed by atoms with Crippen molar-refractivity contribution in [2.24, 2.45) is 0 Å². The fourth-order valence-electron chi connectivity index (χ4n) is 5.59. The van der Waals surface area contributed by atoms with Crippen LogP contribution in [-0.2, 0) is 24.2 Å². The third-order valence-electron chi connectivity index (χ3n) is 7.54. The minimum atomic E-state index is -3.60. The van der Waals surface area contributed by atoms with E-state index in [0.717, 1.165) is 16.7 Å². The molecule has 1 unspecified atom stereocenters. The van der Waals surface area contributed by atoms with Crippen LogP contribution >= 0.6 is 18.1 Å². The van der Waals surface area contributed by atoms with Crippen LogP contribution in [0.4, 0.5) is 5.82 Å². The molecule has 2 heterocycles. The van der Waals surface area contributed by atoms with Crippen LogP contribution in [0.25, 0.3) is 0 Å². The number of benzene rings is 3. The summed E-state index contributed by atoms with van der Waals surface area (Å²) in [4.78, 5) is 31.2. The Kier molecular flexibility index (Phi) is 9.80. The summed E-state index contributed by atoms with van der Waals surface area (Å²) in [6, 6.07) is 32.0. The summed E-state index contributed by atoms with van der Waals surface area (Å²) in [7, 11) is 3.16. The topological polar surface area (TPSA) is 106 Å². The molecule has 0 saturated carbocycles. The van der Waals surface area contributed by atoms with E-state index in [1.165, 1.54) is 16.2 Å². The number of nitrogens with one attached hydrogen (secondary N) is 1. The minimum Gasteiger partial charge on any atom is -0.350 e. The van der Waals surface area contributed by atoms with Gasteiger partial charge in [-0.3, -0.25) is 18.8 Å². The van der Waals surface area contributed by atoms with Gasteiger partial charge in [0.05, 0.1) is 18.2 Å². The zero-order chi connectivity index (χ0) is 31.3. The van der Waals surface area contributed by atoms with E-state index in [0.29, 0.717) is 6.54 Å². The van der Waals surface area contributed by atoms with Gasteiger partial charge in [0.15, 0.2) is 6.23 Å². The average Bonchev–Trinajstić information content (AvgIpc) is 3.02. The monoisotopic (exact) mass is 635 g/mol. The van der Waals surface area contributed by atoms with Crippen molar-refractivity contribution in [1.29, 1.82) is 0 Å². The standard InChI is InChI=1S/C32H35ClN5O5P/c1-24(39)34-29-19-20-38(31(40)35-29)30-22-37(21-28(43-30)23-42-44(33,41)36(2)3)32(25-13-7-4-8-14-25,26-15-9-5-10-16-26)27-17-11-6-12-18-27/h4-20,28,30H,21-23H2,1-3H3,(H,34,35,39,40)/t28-,30?,44-/m0/s1. The van der Waals surface area contributed by atoms with Crippen molar-refractivity contribution in [3.8, 4) is 0 Å². The van der Waals surface area contributed by atoms with Gasteiger partial charge in [0, 0.05) is 26.2 Å². The van der Waals surface area contributed by atoms with E-state index in [4.69, 9.17) is 20.5 Å². The first kappa shape index (κ1) is 31.8. The van der Waals surface area contributed by atoms with Crippen LogP contribution in [0.15, 0.2) is 108 Å². The highest BCUT2D eigenvalue weighted by Crippen LogP contribution is 2.54. The van der Waals surface area contributed by atoms with Gasteiger partial charge in [0.25, 0.3) is 0 Å². The Morgan fingerprint density at radius 2 is 1.50 bits per heavy atom. The molecule has 10 nitrogen and oxygen atoms in total. The van der Waals surface area contributed by atoms with Crippen molar-refractivity contribution in [3.63, 3.8) is 0 Å². The van der Waals surface area contributed by atoms with Gasteiger partial charge in [-0.05, 0) is 48.1 Å². The highest BCUT2D eigenvalue weighted by atomic mass is 35.7. The molecule has 5 rings (SSSR count). The second-order valence-corrected chi connectivity index (χ2v) is 13.9. The number of hydrogen-bond acceptors (Lipinski definition) is 7. The predicted octanol–water partition coefficient (Wildman–Crippen LogP) is 5.32. The number of rotatable bonds is 10. The quantitative estimate of drug-likeness (QED) is 0.184. The van der Waals surface area contributed by atoms with Gasteiger partial charge >= 0.3 is 12.6 Å². The van der Waals surface area contributed by atoms with Gasteiger partial charge in [0.1, 0.15) is 5.82 Å². The van der Waals surface area contributed by atoms with Crippen LogP contribution in [0, 0.1) is 0 Å². The molecule has 0 spiro atoms. The van der Waals surface area contributed by atoms with Gasteiger partial charge < -0.3 is 14.6 Å². The number of ether oxygens (including phenoxy) is 1. The number of anilines is 1. The average molecular weight is 636 g/mol. The van der Waals surface area contributed by atoms with Crippen molar-refractivity contribution in [2.45, 2.75) is 24.8 Å². The molecule has 4 aromatic rings. The van der Waals surface area contributed by atoms with Gasteiger partial charge in [-0.2, -0.15) is 4.98 Å². The molecule has 0 radical (unpaired) electrons. The molecule has 44 heavy (non-hydrogen) atoms. The number of amides is 1. The van der Waals surface area contributed by atoms with E-state index in [2.05, 4.69) is 51.6 Å². The fraction of sp³-hybridized carbons (Fsp3) is 0.281. The van der Waals surface area contributed by atoms with E-state index in [1.807, 2.05) is 54.6 Å². The summed E-state index contributed by atoms with van der Waals surface area (Å²) < 4.78 is 27.8. The van der Waals surface area contributed by atoms with E-state index >= 15 is 0 Å². The highest BCUT2D eigenvalue weighted by Gasteiger charge is 2.46. The molecule has 1 fully saturated rings. The van der Waals surface area contributed by atoms with E-state index in [9.17, 15) is 14.2 Å². The van der Waals surface area contributed by atoms with Crippen molar-refractivity contribution in [3.05, 3.63) is 130 Å². The smallest absolute Gasteiger partial charge is 0.350 e. The lowest BCUT2D eigenvalue weighted by atomic mass is 9.75. The summed E-state index contributed by atoms with van der Waals surface area (Å²) in [5.74, 6) is -0.190. The van der Waals surface area contributed by atoms with Crippen molar-refractivity contribution in [1.82, 2.24) is 19.1 Å². The van der Waals surface area contributed by atoms with Crippen LogP contribution < -0.4 is 11.0 Å². The lowest BCUT2D eigenvalue weighted by Gasteiger charge is -2.50. The molecule has 0 aliphatic carbocycles. The zero-order valence-electron chi connectivity index (χ0n) is 24.7. The fourth-order valence-corrected chi connectivity index (χ4v) is 6.34. The Balaban J connectivity index is 1.67. The Morgan fingerprint density at radius 3 is 1.95 bits per heavy atom. The Bertz CT molecular complexity index is 1580. The number of hydrogen-bond donors (Lipinski definition) is 1. The predicted molar refractivity (Wildman–Crippen MR) is 171 cm³/mol. The van der Waals surface area contributed by atoms with E-state index < -0.39 is 30.4 Å². The normalized spacial score (nSPS) is 18.9. The molecule has 1 amide bonds. The second kappa shape index (κ2) is 13.6. The van der Waals surface area contributed by atoms with Crippen molar-refractivity contribution >= 4 is 29.8 Å².